The van der Waals surface area contributed by atoms with Gasteiger partial charge in [-0.25, -0.2) is 14.8 Å². The molecule has 0 radical (unpaired) electrons. The molecule has 7 heteroatoms. The molecule has 3 rings (SSSR count). The van der Waals surface area contributed by atoms with E-state index in [4.69, 9.17) is 4.74 Å². The van der Waals surface area contributed by atoms with Gasteiger partial charge in [-0.3, -0.25) is 0 Å². The van der Waals surface area contributed by atoms with Crippen LogP contribution in [0.15, 0.2) is 24.5 Å². The number of rotatable bonds is 5. The third kappa shape index (κ3) is 5.70. The van der Waals surface area contributed by atoms with Crippen LogP contribution in [0.4, 0.5) is 5.69 Å². The van der Waals surface area contributed by atoms with Gasteiger partial charge in [0.25, 0.3) is 0 Å². The standard InChI is InChI=1S/C22H27N3O3S/c1-22(2,3)11-10-17-14-18(19(29-17)20(26)27)25(4)15-6-8-16(9-7-15)28-21-23-12-5-13-24-21/h5,12-16H,6-9H2,1-4H3,(H,26,27). The molecule has 0 saturated heterocycles. The number of hydrogen-bond donors (Lipinski definition) is 1. The number of carboxylic acids is 1. The highest BCUT2D eigenvalue weighted by Gasteiger charge is 2.28. The second kappa shape index (κ2) is 8.83. The fourth-order valence-electron chi connectivity index (χ4n) is 3.35. The summed E-state index contributed by atoms with van der Waals surface area (Å²) < 4.78 is 5.87. The van der Waals surface area contributed by atoms with Gasteiger partial charge in [-0.1, -0.05) is 11.8 Å². The lowest BCUT2D eigenvalue weighted by Gasteiger charge is -2.35. The van der Waals surface area contributed by atoms with Crippen molar-refractivity contribution in [3.63, 3.8) is 0 Å². The molecule has 0 atom stereocenters. The van der Waals surface area contributed by atoms with Crippen molar-refractivity contribution in [3.05, 3.63) is 34.3 Å². The molecule has 1 aliphatic carbocycles. The van der Waals surface area contributed by atoms with Gasteiger partial charge >= 0.3 is 12.0 Å². The third-order valence-electron chi connectivity index (χ3n) is 4.85. The Bertz CT molecular complexity index is 901. The topological polar surface area (TPSA) is 75.6 Å². The van der Waals surface area contributed by atoms with Crippen LogP contribution >= 0.6 is 11.3 Å². The monoisotopic (exact) mass is 413 g/mol. The minimum Gasteiger partial charge on any atom is -0.477 e. The van der Waals surface area contributed by atoms with Crippen molar-refractivity contribution in [2.75, 3.05) is 11.9 Å². The van der Waals surface area contributed by atoms with Gasteiger partial charge in [0.2, 0.25) is 0 Å². The molecule has 2 aromatic heterocycles. The molecular weight excluding hydrogens is 386 g/mol. The Kier molecular flexibility index (Phi) is 6.43. The molecule has 154 valence electrons. The molecule has 1 fully saturated rings. The smallest absolute Gasteiger partial charge is 0.348 e. The maximum Gasteiger partial charge on any atom is 0.348 e. The predicted molar refractivity (Wildman–Crippen MR) is 115 cm³/mol. The Morgan fingerprint density at radius 1 is 1.24 bits per heavy atom. The highest BCUT2D eigenvalue weighted by molar-refractivity contribution is 7.15. The van der Waals surface area contributed by atoms with Crippen LogP contribution in [0, 0.1) is 17.3 Å². The molecule has 1 saturated carbocycles. The Balaban J connectivity index is 1.68. The van der Waals surface area contributed by atoms with Crippen LogP contribution in [0.1, 0.15) is 61.0 Å². The number of hydrogen-bond acceptors (Lipinski definition) is 6. The SMILES string of the molecule is CN(c1cc(C#CC(C)(C)C)sc1C(=O)O)C1CCC(Oc2ncccn2)CC1. The van der Waals surface area contributed by atoms with Gasteiger partial charge in [0.05, 0.1) is 10.6 Å². The van der Waals surface area contributed by atoms with Crippen LogP contribution in [0.5, 0.6) is 6.01 Å². The van der Waals surface area contributed by atoms with E-state index >= 15 is 0 Å². The van der Waals surface area contributed by atoms with Crippen LogP contribution in [0.3, 0.4) is 0 Å². The van der Waals surface area contributed by atoms with E-state index in [-0.39, 0.29) is 17.6 Å². The molecule has 1 aliphatic rings. The number of carboxylic acid groups (broad SMARTS) is 1. The van der Waals surface area contributed by atoms with Crippen molar-refractivity contribution in [1.82, 2.24) is 9.97 Å². The molecule has 0 spiro atoms. The lowest BCUT2D eigenvalue weighted by atomic mass is 9.92. The van der Waals surface area contributed by atoms with E-state index in [0.717, 1.165) is 36.2 Å². The average molecular weight is 414 g/mol. The first-order valence-corrected chi connectivity index (χ1v) is 10.6. The molecule has 1 N–H and O–H groups in total. The summed E-state index contributed by atoms with van der Waals surface area (Å²) in [5, 5.41) is 9.66. The third-order valence-corrected chi connectivity index (χ3v) is 5.88. The van der Waals surface area contributed by atoms with Crippen LogP contribution in [-0.4, -0.2) is 40.2 Å². The van der Waals surface area contributed by atoms with E-state index in [9.17, 15) is 9.90 Å². The quantitative estimate of drug-likeness (QED) is 0.730. The molecule has 0 unspecified atom stereocenters. The van der Waals surface area contributed by atoms with Crippen molar-refractivity contribution in [3.8, 4) is 17.9 Å². The Hall–Kier alpha value is -2.59. The fourth-order valence-corrected chi connectivity index (χ4v) is 4.24. The van der Waals surface area contributed by atoms with E-state index in [2.05, 4.69) is 26.7 Å². The number of anilines is 1. The van der Waals surface area contributed by atoms with E-state index in [1.54, 1.807) is 18.5 Å². The van der Waals surface area contributed by atoms with Gasteiger partial charge in [-0.05, 0) is 58.6 Å². The van der Waals surface area contributed by atoms with E-state index in [0.29, 0.717) is 10.9 Å². The molecule has 0 bridgehead atoms. The maximum atomic E-state index is 11.8. The van der Waals surface area contributed by atoms with Gasteiger partial charge in [0.1, 0.15) is 11.0 Å². The first-order chi connectivity index (χ1) is 13.7. The average Bonchev–Trinajstić information content (AvgIpc) is 3.11. The summed E-state index contributed by atoms with van der Waals surface area (Å²) in [5.41, 5.74) is 0.622. The normalized spacial score (nSPS) is 19.2. The van der Waals surface area contributed by atoms with Crippen molar-refractivity contribution in [2.45, 2.75) is 58.6 Å². The molecule has 6 nitrogen and oxygen atoms in total. The molecule has 29 heavy (non-hydrogen) atoms. The second-order valence-corrected chi connectivity index (χ2v) is 9.37. The Morgan fingerprint density at radius 2 is 1.90 bits per heavy atom. The van der Waals surface area contributed by atoms with Crippen molar-refractivity contribution < 1.29 is 14.6 Å². The van der Waals surface area contributed by atoms with Crippen LogP contribution in [0.25, 0.3) is 0 Å². The number of aromatic carboxylic acids is 1. The summed E-state index contributed by atoms with van der Waals surface area (Å²) in [4.78, 5) is 23.3. The minimum atomic E-state index is -0.904. The zero-order valence-electron chi connectivity index (χ0n) is 17.3. The van der Waals surface area contributed by atoms with Crippen LogP contribution in [-0.2, 0) is 0 Å². The molecule has 0 amide bonds. The number of aromatic nitrogens is 2. The Labute approximate surface area is 175 Å². The highest BCUT2D eigenvalue weighted by Crippen LogP contribution is 2.34. The van der Waals surface area contributed by atoms with E-state index in [1.807, 2.05) is 33.9 Å². The fraction of sp³-hybridized carbons (Fsp3) is 0.500. The maximum absolute atomic E-state index is 11.8. The summed E-state index contributed by atoms with van der Waals surface area (Å²) >= 11 is 1.25. The molecule has 0 aliphatic heterocycles. The van der Waals surface area contributed by atoms with Gasteiger partial charge in [0, 0.05) is 30.9 Å². The lowest BCUT2D eigenvalue weighted by Crippen LogP contribution is -2.38. The van der Waals surface area contributed by atoms with Gasteiger partial charge in [0.15, 0.2) is 0 Å². The van der Waals surface area contributed by atoms with Crippen molar-refractivity contribution in [1.29, 1.82) is 0 Å². The molecular formula is C22H27N3O3S. The first kappa shape index (κ1) is 21.1. The lowest BCUT2D eigenvalue weighted by molar-refractivity contribution is 0.0702. The number of thiophene rings is 1. The largest absolute Gasteiger partial charge is 0.477 e. The van der Waals surface area contributed by atoms with Gasteiger partial charge < -0.3 is 14.7 Å². The summed E-state index contributed by atoms with van der Waals surface area (Å²) in [6, 6.07) is 4.35. The summed E-state index contributed by atoms with van der Waals surface area (Å²) in [7, 11) is 1.97. The van der Waals surface area contributed by atoms with Crippen LogP contribution in [0.2, 0.25) is 0 Å². The zero-order chi connectivity index (χ0) is 21.0. The Morgan fingerprint density at radius 3 is 2.48 bits per heavy atom. The van der Waals surface area contributed by atoms with Gasteiger partial charge in [-0.15, -0.1) is 11.3 Å². The highest BCUT2D eigenvalue weighted by atomic mass is 32.1. The number of carbonyl (C=O) groups is 1. The van der Waals surface area contributed by atoms with E-state index < -0.39 is 5.97 Å². The predicted octanol–water partition coefficient (Wildman–Crippen LogP) is 4.46. The van der Waals surface area contributed by atoms with Gasteiger partial charge in [-0.2, -0.15) is 0 Å². The molecule has 0 aromatic carbocycles. The van der Waals surface area contributed by atoms with Crippen molar-refractivity contribution >= 4 is 23.0 Å². The number of ether oxygens (including phenoxy) is 1. The summed E-state index contributed by atoms with van der Waals surface area (Å²) in [5.74, 6) is 5.42. The van der Waals surface area contributed by atoms with Crippen LogP contribution < -0.4 is 9.64 Å². The summed E-state index contributed by atoms with van der Waals surface area (Å²) in [6.45, 7) is 6.12. The minimum absolute atomic E-state index is 0.0942. The van der Waals surface area contributed by atoms with E-state index in [1.165, 1.54) is 11.3 Å². The molecule has 2 heterocycles. The summed E-state index contributed by atoms with van der Waals surface area (Å²) in [6.07, 6.45) is 7.06. The first-order valence-electron chi connectivity index (χ1n) is 9.80. The molecule has 2 aromatic rings. The van der Waals surface area contributed by atoms with Crippen molar-refractivity contribution in [2.24, 2.45) is 5.41 Å². The number of nitrogens with zero attached hydrogens (tertiary/aromatic N) is 3. The second-order valence-electron chi connectivity index (χ2n) is 8.32. The zero-order valence-corrected chi connectivity index (χ0v) is 18.1.